The number of aliphatic hydroxyl groups excluding tert-OH is 1. The summed E-state index contributed by atoms with van der Waals surface area (Å²) in [6, 6.07) is 0. The topological polar surface area (TPSA) is 59.2 Å². The van der Waals surface area contributed by atoms with E-state index in [9.17, 15) is 5.11 Å². The van der Waals surface area contributed by atoms with E-state index in [-0.39, 0.29) is 6.10 Å². The second kappa shape index (κ2) is 4.75. The van der Waals surface area contributed by atoms with Gasteiger partial charge in [-0.2, -0.15) is 4.98 Å². The number of aliphatic hydroxyl groups is 1. The second-order valence-electron chi connectivity index (χ2n) is 4.32. The average molecular weight is 210 g/mol. The van der Waals surface area contributed by atoms with Gasteiger partial charge in [-0.1, -0.05) is 24.9 Å². The van der Waals surface area contributed by atoms with E-state index in [4.69, 9.17) is 4.52 Å². The molecule has 1 aliphatic carbocycles. The Kier molecular flexibility index (Phi) is 3.36. The predicted octanol–water partition coefficient (Wildman–Crippen LogP) is 2.04. The van der Waals surface area contributed by atoms with Crippen LogP contribution >= 0.6 is 0 Å². The van der Waals surface area contributed by atoms with Gasteiger partial charge < -0.3 is 9.63 Å². The lowest BCUT2D eigenvalue weighted by Crippen LogP contribution is -2.12. The fourth-order valence-corrected chi connectivity index (χ4v) is 1.82. The molecule has 1 aromatic heterocycles. The zero-order valence-electron chi connectivity index (χ0n) is 9.15. The minimum absolute atomic E-state index is 0.343. The van der Waals surface area contributed by atoms with Gasteiger partial charge in [0, 0.05) is 5.92 Å². The smallest absolute Gasteiger partial charge is 0.229 e. The predicted molar refractivity (Wildman–Crippen MR) is 55.5 cm³/mol. The van der Waals surface area contributed by atoms with E-state index in [2.05, 4.69) is 17.1 Å². The summed E-state index contributed by atoms with van der Waals surface area (Å²) in [4.78, 5) is 4.32. The molecule has 1 saturated carbocycles. The summed E-state index contributed by atoms with van der Waals surface area (Å²) >= 11 is 0. The maximum absolute atomic E-state index is 9.59. The van der Waals surface area contributed by atoms with E-state index in [1.807, 2.05) is 0 Å². The Morgan fingerprint density at radius 2 is 2.33 bits per heavy atom. The first kappa shape index (κ1) is 10.6. The molecule has 84 valence electrons. The van der Waals surface area contributed by atoms with Gasteiger partial charge in [-0.3, -0.25) is 0 Å². The molecule has 0 aliphatic heterocycles. The van der Waals surface area contributed by atoms with Gasteiger partial charge in [0.05, 0.1) is 12.5 Å². The summed E-state index contributed by atoms with van der Waals surface area (Å²) in [5.74, 6) is 1.92. The van der Waals surface area contributed by atoms with Gasteiger partial charge in [-0.15, -0.1) is 0 Å². The summed E-state index contributed by atoms with van der Waals surface area (Å²) in [6.07, 6.45) is 5.55. The van der Waals surface area contributed by atoms with Crippen LogP contribution in [0.4, 0.5) is 0 Å². The van der Waals surface area contributed by atoms with Crippen LogP contribution < -0.4 is 0 Å². The van der Waals surface area contributed by atoms with E-state index >= 15 is 0 Å². The molecule has 0 saturated heterocycles. The molecule has 1 N–H and O–H groups in total. The van der Waals surface area contributed by atoms with Crippen LogP contribution in [0.25, 0.3) is 0 Å². The van der Waals surface area contributed by atoms with Crippen LogP contribution in [0.1, 0.15) is 56.7 Å². The average Bonchev–Trinajstić information content (AvgIpc) is 2.50. The highest BCUT2D eigenvalue weighted by Gasteiger charge is 2.24. The molecule has 0 radical (unpaired) electrons. The van der Waals surface area contributed by atoms with Crippen molar-refractivity contribution in [1.29, 1.82) is 0 Å². The number of rotatable bonds is 5. The number of hydrogen-bond donors (Lipinski definition) is 1. The molecule has 0 bridgehead atoms. The molecule has 1 unspecified atom stereocenters. The lowest BCUT2D eigenvalue weighted by Gasteiger charge is -2.20. The molecular weight excluding hydrogens is 192 g/mol. The van der Waals surface area contributed by atoms with E-state index in [0.29, 0.717) is 18.2 Å². The van der Waals surface area contributed by atoms with Gasteiger partial charge in [0.1, 0.15) is 0 Å². The maximum atomic E-state index is 9.59. The number of nitrogens with zero attached hydrogens (tertiary/aromatic N) is 2. The zero-order valence-corrected chi connectivity index (χ0v) is 9.15. The van der Waals surface area contributed by atoms with Crippen LogP contribution in [-0.2, 0) is 6.42 Å². The molecule has 2 rings (SSSR count). The van der Waals surface area contributed by atoms with Crippen molar-refractivity contribution in [3.8, 4) is 0 Å². The van der Waals surface area contributed by atoms with Crippen molar-refractivity contribution >= 4 is 0 Å². The monoisotopic (exact) mass is 210 g/mol. The van der Waals surface area contributed by atoms with E-state index in [0.717, 1.165) is 18.7 Å². The van der Waals surface area contributed by atoms with Gasteiger partial charge in [-0.05, 0) is 19.3 Å². The fraction of sp³-hybridized carbons (Fsp3) is 0.818. The van der Waals surface area contributed by atoms with E-state index in [1.165, 1.54) is 19.3 Å². The lowest BCUT2D eigenvalue weighted by atomic mass is 9.85. The first-order chi connectivity index (χ1) is 7.29. The molecule has 1 fully saturated rings. The van der Waals surface area contributed by atoms with Crippen LogP contribution in [0, 0.1) is 0 Å². The van der Waals surface area contributed by atoms with Crippen molar-refractivity contribution in [2.24, 2.45) is 0 Å². The van der Waals surface area contributed by atoms with Crippen LogP contribution in [0.3, 0.4) is 0 Å². The van der Waals surface area contributed by atoms with Crippen molar-refractivity contribution in [2.45, 2.75) is 57.5 Å². The highest BCUT2D eigenvalue weighted by Crippen LogP contribution is 2.34. The maximum Gasteiger partial charge on any atom is 0.229 e. The molecule has 1 heterocycles. The molecule has 0 aromatic carbocycles. The largest absolute Gasteiger partial charge is 0.393 e. The molecule has 15 heavy (non-hydrogen) atoms. The van der Waals surface area contributed by atoms with Crippen LogP contribution in [0.15, 0.2) is 4.52 Å². The summed E-state index contributed by atoms with van der Waals surface area (Å²) in [7, 11) is 0. The van der Waals surface area contributed by atoms with E-state index in [1.54, 1.807) is 0 Å². The highest BCUT2D eigenvalue weighted by atomic mass is 16.5. The Balaban J connectivity index is 1.88. The second-order valence-corrected chi connectivity index (χ2v) is 4.32. The molecular formula is C11H18N2O2. The van der Waals surface area contributed by atoms with Gasteiger partial charge in [-0.25, -0.2) is 0 Å². The third-order valence-electron chi connectivity index (χ3n) is 2.99. The number of aromatic nitrogens is 2. The molecule has 0 spiro atoms. The Hall–Kier alpha value is -0.900. The third kappa shape index (κ3) is 2.56. The normalized spacial score (nSPS) is 18.8. The highest BCUT2D eigenvalue weighted by molar-refractivity contribution is 5.00. The Bertz CT molecular complexity index is 307. The quantitative estimate of drug-likeness (QED) is 0.808. The Labute approximate surface area is 89.7 Å². The molecule has 1 aliphatic rings. The van der Waals surface area contributed by atoms with Crippen LogP contribution in [0.2, 0.25) is 0 Å². The SMILES string of the molecule is CCCC(O)Cc1nc(C2CCC2)no1. The summed E-state index contributed by atoms with van der Waals surface area (Å²) in [6.45, 7) is 2.05. The molecule has 0 amide bonds. The third-order valence-corrected chi connectivity index (χ3v) is 2.99. The molecule has 4 heteroatoms. The molecule has 4 nitrogen and oxygen atoms in total. The fourth-order valence-electron chi connectivity index (χ4n) is 1.82. The number of hydrogen-bond acceptors (Lipinski definition) is 4. The van der Waals surface area contributed by atoms with Gasteiger partial charge in [0.15, 0.2) is 5.82 Å². The Morgan fingerprint density at radius 3 is 2.93 bits per heavy atom. The molecule has 1 atom stereocenters. The first-order valence-corrected chi connectivity index (χ1v) is 5.80. The van der Waals surface area contributed by atoms with Crippen molar-refractivity contribution in [3.63, 3.8) is 0 Å². The standard InChI is InChI=1S/C11H18N2O2/c1-2-4-9(14)7-10-12-11(13-15-10)8-5-3-6-8/h8-9,14H,2-7H2,1H3. The van der Waals surface area contributed by atoms with Crippen molar-refractivity contribution < 1.29 is 9.63 Å². The van der Waals surface area contributed by atoms with Crippen LogP contribution in [-0.4, -0.2) is 21.4 Å². The van der Waals surface area contributed by atoms with Gasteiger partial charge in [0.2, 0.25) is 5.89 Å². The van der Waals surface area contributed by atoms with Crippen LogP contribution in [0.5, 0.6) is 0 Å². The van der Waals surface area contributed by atoms with Crippen molar-refractivity contribution in [1.82, 2.24) is 10.1 Å². The minimum Gasteiger partial charge on any atom is -0.393 e. The van der Waals surface area contributed by atoms with Crippen molar-refractivity contribution in [3.05, 3.63) is 11.7 Å². The van der Waals surface area contributed by atoms with Gasteiger partial charge >= 0.3 is 0 Å². The summed E-state index contributed by atoms with van der Waals surface area (Å²) < 4.78 is 5.12. The summed E-state index contributed by atoms with van der Waals surface area (Å²) in [5.41, 5.74) is 0. The summed E-state index contributed by atoms with van der Waals surface area (Å²) in [5, 5.41) is 13.5. The zero-order chi connectivity index (χ0) is 10.7. The van der Waals surface area contributed by atoms with Crippen molar-refractivity contribution in [2.75, 3.05) is 0 Å². The van der Waals surface area contributed by atoms with Gasteiger partial charge in [0.25, 0.3) is 0 Å². The first-order valence-electron chi connectivity index (χ1n) is 5.80. The van der Waals surface area contributed by atoms with E-state index < -0.39 is 0 Å². The molecule has 1 aromatic rings. The lowest BCUT2D eigenvalue weighted by molar-refractivity contribution is 0.151. The Morgan fingerprint density at radius 1 is 1.53 bits per heavy atom. The minimum atomic E-state index is -0.343.